The molecule has 0 saturated heterocycles. The molecule has 0 aromatic heterocycles. The highest BCUT2D eigenvalue weighted by Gasteiger charge is 2.26. The number of rotatable bonds is 6. The average Bonchev–Trinajstić information content (AvgIpc) is 2.98. The summed E-state index contributed by atoms with van der Waals surface area (Å²) in [6, 6.07) is 4.44. The summed E-state index contributed by atoms with van der Waals surface area (Å²) >= 11 is 3.30. The van der Waals surface area contributed by atoms with Crippen molar-refractivity contribution in [2.45, 2.75) is 31.8 Å². The molecule has 23 heavy (non-hydrogen) atoms. The number of nitrogens with two attached hydrogens (primary N) is 1. The monoisotopic (exact) mass is 387 g/mol. The molecule has 5 nitrogen and oxygen atoms in total. The molecule has 0 radical (unpaired) electrons. The minimum atomic E-state index is -0.368. The average molecular weight is 388 g/mol. The van der Waals surface area contributed by atoms with Gasteiger partial charge in [0.2, 0.25) is 0 Å². The minimum Gasteiger partial charge on any atom is -0.395 e. The van der Waals surface area contributed by atoms with Gasteiger partial charge < -0.3 is 21.1 Å². The van der Waals surface area contributed by atoms with Gasteiger partial charge in [-0.2, -0.15) is 0 Å². The van der Waals surface area contributed by atoms with Gasteiger partial charge in [-0.25, -0.2) is 9.18 Å². The van der Waals surface area contributed by atoms with Gasteiger partial charge in [-0.15, -0.1) is 0 Å². The van der Waals surface area contributed by atoms with Crippen LogP contribution in [0.3, 0.4) is 0 Å². The fourth-order valence-corrected chi connectivity index (χ4v) is 3.34. The first-order valence-electron chi connectivity index (χ1n) is 7.83. The van der Waals surface area contributed by atoms with Crippen molar-refractivity contribution >= 4 is 22.0 Å². The van der Waals surface area contributed by atoms with Crippen LogP contribution in [-0.4, -0.2) is 41.8 Å². The standard InChI is InChI=1S/C16H23BrFN3O2/c17-13-2-4-15(18)12(8-13)10-21(5-6-22)16(23)20-14-3-1-11(7-14)9-19/h2,4,8,11,14,22H,1,3,5-7,9-10,19H2,(H,20,23). The van der Waals surface area contributed by atoms with E-state index in [-0.39, 0.29) is 37.6 Å². The maximum atomic E-state index is 13.9. The first kappa shape index (κ1) is 18.2. The number of hydrogen-bond donors (Lipinski definition) is 3. The van der Waals surface area contributed by atoms with Crippen LogP contribution in [-0.2, 0) is 6.54 Å². The molecule has 1 aliphatic carbocycles. The van der Waals surface area contributed by atoms with Gasteiger partial charge in [0.05, 0.1) is 13.2 Å². The van der Waals surface area contributed by atoms with Gasteiger partial charge >= 0.3 is 6.03 Å². The number of aliphatic hydroxyl groups excluding tert-OH is 1. The summed E-state index contributed by atoms with van der Waals surface area (Å²) in [6.45, 7) is 0.741. The third kappa shape index (κ3) is 5.16. The molecule has 1 saturated carbocycles. The zero-order valence-electron chi connectivity index (χ0n) is 13.0. The number of urea groups is 1. The Bertz CT molecular complexity index is 544. The molecule has 2 rings (SSSR count). The van der Waals surface area contributed by atoms with Crippen molar-refractivity contribution in [2.24, 2.45) is 11.7 Å². The van der Waals surface area contributed by atoms with Crippen LogP contribution in [0.1, 0.15) is 24.8 Å². The lowest BCUT2D eigenvalue weighted by Crippen LogP contribution is -2.45. The van der Waals surface area contributed by atoms with Crippen molar-refractivity contribution < 1.29 is 14.3 Å². The van der Waals surface area contributed by atoms with Gasteiger partial charge in [0.25, 0.3) is 0 Å². The summed E-state index contributed by atoms with van der Waals surface area (Å²) in [5, 5.41) is 12.2. The SMILES string of the molecule is NCC1CCC(NC(=O)N(CCO)Cc2cc(Br)ccc2F)C1. The molecular formula is C16H23BrFN3O2. The fraction of sp³-hybridized carbons (Fsp3) is 0.562. The Morgan fingerprint density at radius 2 is 2.26 bits per heavy atom. The number of halogens is 2. The van der Waals surface area contributed by atoms with E-state index in [9.17, 15) is 14.3 Å². The number of nitrogens with zero attached hydrogens (tertiary/aromatic N) is 1. The van der Waals surface area contributed by atoms with E-state index in [2.05, 4.69) is 21.2 Å². The number of carbonyl (C=O) groups is 1. The van der Waals surface area contributed by atoms with Crippen molar-refractivity contribution in [1.29, 1.82) is 0 Å². The summed E-state index contributed by atoms with van der Waals surface area (Å²) in [7, 11) is 0. The largest absolute Gasteiger partial charge is 0.395 e. The number of carbonyl (C=O) groups excluding carboxylic acids is 1. The zero-order chi connectivity index (χ0) is 16.8. The molecule has 2 unspecified atom stereocenters. The Hall–Kier alpha value is -1.18. The van der Waals surface area contributed by atoms with Crippen LogP contribution in [0.25, 0.3) is 0 Å². The van der Waals surface area contributed by atoms with Gasteiger partial charge in [-0.1, -0.05) is 15.9 Å². The van der Waals surface area contributed by atoms with Crippen molar-refractivity contribution in [2.75, 3.05) is 19.7 Å². The summed E-state index contributed by atoms with van der Waals surface area (Å²) < 4.78 is 14.6. The molecule has 0 heterocycles. The quantitative estimate of drug-likeness (QED) is 0.699. The second-order valence-electron chi connectivity index (χ2n) is 5.94. The van der Waals surface area contributed by atoms with E-state index in [0.29, 0.717) is 18.0 Å². The van der Waals surface area contributed by atoms with Crippen LogP contribution >= 0.6 is 15.9 Å². The van der Waals surface area contributed by atoms with Crippen LogP contribution in [0, 0.1) is 11.7 Å². The molecular weight excluding hydrogens is 365 g/mol. The minimum absolute atomic E-state index is 0.101. The van der Waals surface area contributed by atoms with Crippen molar-refractivity contribution in [3.63, 3.8) is 0 Å². The smallest absolute Gasteiger partial charge is 0.317 e. The van der Waals surface area contributed by atoms with E-state index in [1.807, 2.05) is 0 Å². The van der Waals surface area contributed by atoms with Crippen LogP contribution in [0.15, 0.2) is 22.7 Å². The van der Waals surface area contributed by atoms with E-state index in [0.717, 1.165) is 23.7 Å². The van der Waals surface area contributed by atoms with E-state index in [1.54, 1.807) is 12.1 Å². The third-order valence-corrected chi connectivity index (χ3v) is 4.72. The molecule has 1 aliphatic rings. The Morgan fingerprint density at radius 1 is 1.48 bits per heavy atom. The Balaban J connectivity index is 1.99. The van der Waals surface area contributed by atoms with Crippen LogP contribution in [0.5, 0.6) is 0 Å². The summed E-state index contributed by atoms with van der Waals surface area (Å²) in [4.78, 5) is 13.9. The molecule has 7 heteroatoms. The lowest BCUT2D eigenvalue weighted by Gasteiger charge is -2.25. The number of hydrogen-bond acceptors (Lipinski definition) is 3. The predicted molar refractivity (Wildman–Crippen MR) is 90.3 cm³/mol. The Morgan fingerprint density at radius 3 is 2.91 bits per heavy atom. The molecule has 4 N–H and O–H groups in total. The maximum Gasteiger partial charge on any atom is 0.317 e. The van der Waals surface area contributed by atoms with Gasteiger partial charge in [0.15, 0.2) is 0 Å². The second-order valence-corrected chi connectivity index (χ2v) is 6.86. The summed E-state index contributed by atoms with van der Waals surface area (Å²) in [5.41, 5.74) is 6.08. The Labute approximate surface area is 144 Å². The number of benzene rings is 1. The normalized spacial score (nSPS) is 20.5. The van der Waals surface area contributed by atoms with Crippen LogP contribution in [0.4, 0.5) is 9.18 Å². The molecule has 0 bridgehead atoms. The summed E-state index contributed by atoms with van der Waals surface area (Å²) in [6.07, 6.45) is 2.80. The molecule has 128 valence electrons. The molecule has 0 aliphatic heterocycles. The number of amides is 2. The van der Waals surface area contributed by atoms with Gasteiger partial charge in [-0.05, 0) is 49.9 Å². The van der Waals surface area contributed by atoms with E-state index < -0.39 is 0 Å². The number of nitrogens with one attached hydrogen (secondary N) is 1. The molecule has 1 fully saturated rings. The lowest BCUT2D eigenvalue weighted by atomic mass is 10.1. The van der Waals surface area contributed by atoms with Gasteiger partial charge in [-0.3, -0.25) is 0 Å². The topological polar surface area (TPSA) is 78.6 Å². The number of aliphatic hydroxyl groups is 1. The highest BCUT2D eigenvalue weighted by molar-refractivity contribution is 9.10. The van der Waals surface area contributed by atoms with Gasteiger partial charge in [0.1, 0.15) is 5.82 Å². The molecule has 1 aromatic carbocycles. The zero-order valence-corrected chi connectivity index (χ0v) is 14.6. The Kier molecular flexibility index (Phi) is 6.80. The lowest BCUT2D eigenvalue weighted by molar-refractivity contribution is 0.170. The molecule has 1 aromatic rings. The fourth-order valence-electron chi connectivity index (χ4n) is 2.93. The van der Waals surface area contributed by atoms with E-state index >= 15 is 0 Å². The van der Waals surface area contributed by atoms with Crippen LogP contribution in [0.2, 0.25) is 0 Å². The molecule has 2 amide bonds. The first-order valence-corrected chi connectivity index (χ1v) is 8.63. The molecule has 2 atom stereocenters. The van der Waals surface area contributed by atoms with Gasteiger partial charge in [0, 0.05) is 22.6 Å². The summed E-state index contributed by atoms with van der Waals surface area (Å²) in [5.74, 6) is 0.0853. The van der Waals surface area contributed by atoms with E-state index in [4.69, 9.17) is 5.73 Å². The molecule has 0 spiro atoms. The maximum absolute atomic E-state index is 13.9. The van der Waals surface area contributed by atoms with Crippen molar-refractivity contribution in [3.05, 3.63) is 34.1 Å². The highest BCUT2D eigenvalue weighted by Crippen LogP contribution is 2.24. The first-order chi connectivity index (χ1) is 11.0. The highest BCUT2D eigenvalue weighted by atomic mass is 79.9. The predicted octanol–water partition coefficient (Wildman–Crippen LogP) is 2.22. The van der Waals surface area contributed by atoms with E-state index in [1.165, 1.54) is 11.0 Å². The van der Waals surface area contributed by atoms with Crippen LogP contribution < -0.4 is 11.1 Å². The third-order valence-electron chi connectivity index (χ3n) is 4.23. The van der Waals surface area contributed by atoms with Crippen molar-refractivity contribution in [1.82, 2.24) is 10.2 Å². The second kappa shape index (κ2) is 8.61. The van der Waals surface area contributed by atoms with Crippen molar-refractivity contribution in [3.8, 4) is 0 Å².